The predicted octanol–water partition coefficient (Wildman–Crippen LogP) is 3.64. The first-order chi connectivity index (χ1) is 8.75. The highest BCUT2D eigenvalue weighted by atomic mass is 79.9. The lowest BCUT2D eigenvalue weighted by atomic mass is 10.2. The number of halogens is 2. The summed E-state index contributed by atoms with van der Waals surface area (Å²) in [4.78, 5) is 0. The van der Waals surface area contributed by atoms with Gasteiger partial charge in [0.25, 0.3) is 0 Å². The molecule has 100 valence electrons. The van der Waals surface area contributed by atoms with Crippen molar-refractivity contribution >= 4 is 15.9 Å². The molecule has 2 rings (SSSR count). The monoisotopic (exact) mass is 315 g/mol. The largest absolute Gasteiger partial charge is 0.377 e. The molecule has 1 aromatic rings. The minimum absolute atomic E-state index is 0.212. The van der Waals surface area contributed by atoms with Crippen LogP contribution in [0.1, 0.15) is 31.2 Å². The Labute approximate surface area is 116 Å². The van der Waals surface area contributed by atoms with Crippen LogP contribution in [0.25, 0.3) is 0 Å². The minimum atomic E-state index is -0.212. The molecule has 0 heterocycles. The number of hydrogen-bond acceptors (Lipinski definition) is 2. The van der Waals surface area contributed by atoms with Crippen molar-refractivity contribution in [3.05, 3.63) is 34.1 Å². The van der Waals surface area contributed by atoms with Crippen molar-refractivity contribution in [2.45, 2.75) is 38.3 Å². The summed E-state index contributed by atoms with van der Waals surface area (Å²) in [5, 5.41) is 3.27. The van der Waals surface area contributed by atoms with Crippen molar-refractivity contribution in [3.63, 3.8) is 0 Å². The number of benzene rings is 1. The second kappa shape index (κ2) is 7.22. The van der Waals surface area contributed by atoms with Crippen LogP contribution in [0.15, 0.2) is 22.7 Å². The van der Waals surface area contributed by atoms with Crippen LogP contribution < -0.4 is 5.32 Å². The summed E-state index contributed by atoms with van der Waals surface area (Å²) < 4.78 is 19.5. The molecule has 0 aromatic heterocycles. The highest BCUT2D eigenvalue weighted by Gasteiger charge is 2.14. The van der Waals surface area contributed by atoms with E-state index in [1.165, 1.54) is 25.7 Å². The van der Waals surface area contributed by atoms with Gasteiger partial charge in [0.1, 0.15) is 5.82 Å². The molecule has 4 heteroatoms. The molecule has 0 unspecified atom stereocenters. The quantitative estimate of drug-likeness (QED) is 0.809. The fourth-order valence-electron chi connectivity index (χ4n) is 2.24. The smallest absolute Gasteiger partial charge is 0.137 e. The zero-order valence-corrected chi connectivity index (χ0v) is 12.0. The SMILES string of the molecule is Fc1cc(CNCCOC2CCCC2)ccc1Br. The standard InChI is InChI=1S/C14H19BrFNO/c15-13-6-5-11(9-14(13)16)10-17-7-8-18-12-3-1-2-4-12/h5-6,9,12,17H,1-4,7-8,10H2. The molecule has 0 bridgehead atoms. The van der Waals surface area contributed by atoms with Crippen LogP contribution in [0.3, 0.4) is 0 Å². The van der Waals surface area contributed by atoms with Gasteiger partial charge in [0.2, 0.25) is 0 Å². The van der Waals surface area contributed by atoms with Crippen LogP contribution in [-0.4, -0.2) is 19.3 Å². The average molecular weight is 316 g/mol. The average Bonchev–Trinajstić information content (AvgIpc) is 2.86. The Hall–Kier alpha value is -0.450. The van der Waals surface area contributed by atoms with Gasteiger partial charge in [0, 0.05) is 13.1 Å². The van der Waals surface area contributed by atoms with Crippen molar-refractivity contribution in [2.24, 2.45) is 0 Å². The Kier molecular flexibility index (Phi) is 5.60. The van der Waals surface area contributed by atoms with E-state index in [1.807, 2.05) is 6.07 Å². The van der Waals surface area contributed by atoms with Crippen molar-refractivity contribution in [1.82, 2.24) is 5.32 Å². The van der Waals surface area contributed by atoms with E-state index in [0.29, 0.717) is 17.1 Å². The molecular weight excluding hydrogens is 297 g/mol. The first-order valence-corrected chi connectivity index (χ1v) is 7.31. The summed E-state index contributed by atoms with van der Waals surface area (Å²) in [6, 6.07) is 5.20. The first-order valence-electron chi connectivity index (χ1n) is 6.52. The van der Waals surface area contributed by atoms with Crippen LogP contribution >= 0.6 is 15.9 Å². The number of hydrogen-bond donors (Lipinski definition) is 1. The summed E-state index contributed by atoms with van der Waals surface area (Å²) >= 11 is 3.14. The summed E-state index contributed by atoms with van der Waals surface area (Å²) in [7, 11) is 0. The van der Waals surface area contributed by atoms with Crippen molar-refractivity contribution in [3.8, 4) is 0 Å². The zero-order valence-electron chi connectivity index (χ0n) is 10.4. The number of rotatable bonds is 6. The van der Waals surface area contributed by atoms with Crippen molar-refractivity contribution in [1.29, 1.82) is 0 Å². The van der Waals surface area contributed by atoms with E-state index >= 15 is 0 Å². The van der Waals surface area contributed by atoms with E-state index in [4.69, 9.17) is 4.74 Å². The minimum Gasteiger partial charge on any atom is -0.377 e. The van der Waals surface area contributed by atoms with Gasteiger partial charge in [0.15, 0.2) is 0 Å². The summed E-state index contributed by atoms with van der Waals surface area (Å²) in [5.74, 6) is -0.212. The molecule has 0 saturated heterocycles. The maximum absolute atomic E-state index is 13.3. The number of nitrogens with one attached hydrogen (secondary N) is 1. The topological polar surface area (TPSA) is 21.3 Å². The number of ether oxygens (including phenoxy) is 1. The van der Waals surface area contributed by atoms with E-state index in [2.05, 4.69) is 21.2 Å². The van der Waals surface area contributed by atoms with Crippen LogP contribution in [0.4, 0.5) is 4.39 Å². The molecule has 18 heavy (non-hydrogen) atoms. The van der Waals surface area contributed by atoms with Crippen molar-refractivity contribution in [2.75, 3.05) is 13.2 Å². The molecule has 0 atom stereocenters. The predicted molar refractivity (Wildman–Crippen MR) is 74.0 cm³/mol. The van der Waals surface area contributed by atoms with Crippen LogP contribution in [0.2, 0.25) is 0 Å². The molecule has 2 nitrogen and oxygen atoms in total. The van der Waals surface area contributed by atoms with E-state index in [1.54, 1.807) is 12.1 Å². The van der Waals surface area contributed by atoms with Crippen LogP contribution in [-0.2, 0) is 11.3 Å². The lowest BCUT2D eigenvalue weighted by molar-refractivity contribution is 0.0602. The molecule has 1 aliphatic rings. The van der Waals surface area contributed by atoms with E-state index < -0.39 is 0 Å². The Morgan fingerprint density at radius 2 is 2.11 bits per heavy atom. The summed E-state index contributed by atoms with van der Waals surface area (Å²) in [6.07, 6.45) is 5.49. The lowest BCUT2D eigenvalue weighted by Gasteiger charge is -2.11. The third-order valence-electron chi connectivity index (χ3n) is 3.25. The Balaban J connectivity index is 1.61. The maximum Gasteiger partial charge on any atom is 0.137 e. The Morgan fingerprint density at radius 3 is 2.83 bits per heavy atom. The van der Waals surface area contributed by atoms with Gasteiger partial charge in [-0.25, -0.2) is 4.39 Å². The normalized spacial score (nSPS) is 16.3. The highest BCUT2D eigenvalue weighted by Crippen LogP contribution is 2.20. The lowest BCUT2D eigenvalue weighted by Crippen LogP contribution is -2.21. The highest BCUT2D eigenvalue weighted by molar-refractivity contribution is 9.10. The molecule has 1 N–H and O–H groups in total. The molecular formula is C14H19BrFNO. The molecule has 0 aliphatic heterocycles. The maximum atomic E-state index is 13.3. The van der Waals surface area contributed by atoms with Gasteiger partial charge in [0.05, 0.1) is 17.2 Å². The molecule has 0 amide bonds. The molecule has 1 fully saturated rings. The van der Waals surface area contributed by atoms with Crippen LogP contribution in [0.5, 0.6) is 0 Å². The first kappa shape index (κ1) is 14.0. The molecule has 1 saturated carbocycles. The van der Waals surface area contributed by atoms with Gasteiger partial charge >= 0.3 is 0 Å². The fraction of sp³-hybridized carbons (Fsp3) is 0.571. The Bertz CT molecular complexity index is 380. The molecule has 0 spiro atoms. The fourth-order valence-corrected chi connectivity index (χ4v) is 2.48. The molecule has 1 aliphatic carbocycles. The molecule has 0 radical (unpaired) electrons. The second-order valence-electron chi connectivity index (χ2n) is 4.70. The van der Waals surface area contributed by atoms with E-state index in [-0.39, 0.29) is 5.82 Å². The van der Waals surface area contributed by atoms with E-state index in [0.717, 1.165) is 18.7 Å². The van der Waals surface area contributed by atoms with Gasteiger partial charge in [-0.2, -0.15) is 0 Å². The van der Waals surface area contributed by atoms with Crippen LogP contribution in [0, 0.1) is 5.82 Å². The molecule has 1 aromatic carbocycles. The second-order valence-corrected chi connectivity index (χ2v) is 5.56. The summed E-state index contributed by atoms with van der Waals surface area (Å²) in [6.45, 7) is 2.23. The summed E-state index contributed by atoms with van der Waals surface area (Å²) in [5.41, 5.74) is 0.955. The van der Waals surface area contributed by atoms with Gasteiger partial charge in [-0.15, -0.1) is 0 Å². The van der Waals surface area contributed by atoms with Crippen molar-refractivity contribution < 1.29 is 9.13 Å². The third-order valence-corrected chi connectivity index (χ3v) is 3.89. The van der Waals surface area contributed by atoms with Gasteiger partial charge in [-0.05, 0) is 46.5 Å². The van der Waals surface area contributed by atoms with Gasteiger partial charge in [-0.1, -0.05) is 18.9 Å². The third kappa shape index (κ3) is 4.34. The zero-order chi connectivity index (χ0) is 12.8. The van der Waals surface area contributed by atoms with E-state index in [9.17, 15) is 4.39 Å². The Morgan fingerprint density at radius 1 is 1.33 bits per heavy atom. The van der Waals surface area contributed by atoms with Gasteiger partial charge < -0.3 is 10.1 Å². The van der Waals surface area contributed by atoms with Gasteiger partial charge in [-0.3, -0.25) is 0 Å².